The fourth-order valence-electron chi connectivity index (χ4n) is 5.13. The molecule has 1 saturated heterocycles. The Morgan fingerprint density at radius 1 is 1.19 bits per heavy atom. The molecule has 120 valence electrons. The number of likely N-dealkylation sites (tertiary alicyclic amines) is 1. The highest BCUT2D eigenvalue weighted by molar-refractivity contribution is 5.76. The summed E-state index contributed by atoms with van der Waals surface area (Å²) in [6, 6.07) is 0.403. The summed E-state index contributed by atoms with van der Waals surface area (Å²) in [5.74, 6) is 1.07. The van der Waals surface area contributed by atoms with Gasteiger partial charge in [0.2, 0.25) is 5.91 Å². The molecule has 3 aliphatic rings. The zero-order valence-electron chi connectivity index (χ0n) is 14.1. The average Bonchev–Trinajstić information content (AvgIpc) is 2.79. The number of piperidine rings is 1. The molecule has 0 aromatic carbocycles. The predicted molar refractivity (Wildman–Crippen MR) is 86.1 cm³/mol. The van der Waals surface area contributed by atoms with Crippen LogP contribution >= 0.6 is 0 Å². The lowest BCUT2D eigenvalue weighted by Crippen LogP contribution is -2.47. The molecule has 0 aromatic rings. The molecule has 1 amide bonds. The number of nitrogens with one attached hydrogen (secondary N) is 1. The summed E-state index contributed by atoms with van der Waals surface area (Å²) in [6.45, 7) is 10.5. The van der Waals surface area contributed by atoms with Crippen LogP contribution in [0.25, 0.3) is 0 Å². The highest BCUT2D eigenvalue weighted by Gasteiger charge is 2.61. The second-order valence-electron chi connectivity index (χ2n) is 8.38. The van der Waals surface area contributed by atoms with Crippen molar-refractivity contribution in [3.8, 4) is 0 Å². The van der Waals surface area contributed by atoms with Crippen LogP contribution in [0.2, 0.25) is 0 Å². The first kappa shape index (κ1) is 15.3. The van der Waals surface area contributed by atoms with E-state index in [-0.39, 0.29) is 5.91 Å². The van der Waals surface area contributed by atoms with Crippen LogP contribution in [0.5, 0.6) is 0 Å². The van der Waals surface area contributed by atoms with E-state index in [1.54, 1.807) is 0 Å². The molecule has 3 heteroatoms. The van der Waals surface area contributed by atoms with Gasteiger partial charge in [-0.25, -0.2) is 0 Å². The first-order valence-corrected chi connectivity index (χ1v) is 8.95. The molecule has 0 unspecified atom stereocenters. The van der Waals surface area contributed by atoms with Crippen molar-refractivity contribution in [1.82, 2.24) is 10.2 Å². The van der Waals surface area contributed by atoms with Crippen molar-refractivity contribution in [1.29, 1.82) is 0 Å². The van der Waals surface area contributed by atoms with Crippen LogP contribution in [0.1, 0.15) is 65.7 Å². The van der Waals surface area contributed by atoms with Crippen LogP contribution in [0.4, 0.5) is 0 Å². The van der Waals surface area contributed by atoms with Crippen LogP contribution in [0, 0.1) is 16.7 Å². The third-order valence-corrected chi connectivity index (χ3v) is 7.23. The fourth-order valence-corrected chi connectivity index (χ4v) is 5.13. The number of amides is 1. The Morgan fingerprint density at radius 3 is 2.48 bits per heavy atom. The number of rotatable bonds is 4. The van der Waals surface area contributed by atoms with Gasteiger partial charge in [-0.05, 0) is 61.9 Å². The van der Waals surface area contributed by atoms with Gasteiger partial charge in [-0.1, -0.05) is 27.2 Å². The van der Waals surface area contributed by atoms with E-state index in [4.69, 9.17) is 0 Å². The largest absolute Gasteiger partial charge is 0.353 e. The molecule has 0 radical (unpaired) electrons. The molecule has 3 fully saturated rings. The van der Waals surface area contributed by atoms with Gasteiger partial charge in [-0.3, -0.25) is 4.79 Å². The molecular formula is C18H32N2O. The lowest BCUT2D eigenvalue weighted by Gasteiger charge is -2.39. The summed E-state index contributed by atoms with van der Waals surface area (Å²) in [4.78, 5) is 14.8. The highest BCUT2D eigenvalue weighted by atomic mass is 16.1. The fraction of sp³-hybridized carbons (Fsp3) is 0.944. The van der Waals surface area contributed by atoms with E-state index in [0.29, 0.717) is 23.3 Å². The smallest absolute Gasteiger partial charge is 0.221 e. The number of fused-ring (bicyclic) bond motifs is 2. The normalized spacial score (nSPS) is 38.6. The Balaban J connectivity index is 1.49. The molecule has 1 heterocycles. The maximum Gasteiger partial charge on any atom is 0.221 e. The number of hydrogen-bond donors (Lipinski definition) is 1. The van der Waals surface area contributed by atoms with Crippen molar-refractivity contribution in [3.63, 3.8) is 0 Å². The van der Waals surface area contributed by atoms with E-state index in [0.717, 1.165) is 12.5 Å². The van der Waals surface area contributed by atoms with Crippen molar-refractivity contribution in [2.45, 2.75) is 71.8 Å². The van der Waals surface area contributed by atoms with Gasteiger partial charge in [0.1, 0.15) is 0 Å². The molecule has 2 saturated carbocycles. The third-order valence-electron chi connectivity index (χ3n) is 7.23. The molecule has 1 aliphatic heterocycles. The molecule has 1 N–H and O–H groups in total. The van der Waals surface area contributed by atoms with E-state index in [1.807, 2.05) is 0 Å². The lowest BCUT2D eigenvalue weighted by atomic mass is 9.69. The minimum Gasteiger partial charge on any atom is -0.353 e. The summed E-state index contributed by atoms with van der Waals surface area (Å²) in [5.41, 5.74) is 0.691. The predicted octanol–water partition coefficient (Wildman–Crippen LogP) is 3.19. The van der Waals surface area contributed by atoms with Crippen LogP contribution in [-0.4, -0.2) is 36.5 Å². The number of carbonyl (C=O) groups is 1. The summed E-state index contributed by atoms with van der Waals surface area (Å²) in [7, 11) is 0. The lowest BCUT2D eigenvalue weighted by molar-refractivity contribution is -0.123. The molecular weight excluding hydrogens is 260 g/mol. The second kappa shape index (κ2) is 5.57. The van der Waals surface area contributed by atoms with Crippen molar-refractivity contribution >= 4 is 5.91 Å². The first-order chi connectivity index (χ1) is 9.93. The highest BCUT2D eigenvalue weighted by Crippen LogP contribution is 2.65. The van der Waals surface area contributed by atoms with Gasteiger partial charge in [0, 0.05) is 19.0 Å². The Kier molecular flexibility index (Phi) is 4.06. The average molecular weight is 292 g/mol. The second-order valence-corrected chi connectivity index (χ2v) is 8.38. The Morgan fingerprint density at radius 2 is 1.90 bits per heavy atom. The first-order valence-electron chi connectivity index (χ1n) is 8.95. The van der Waals surface area contributed by atoms with Crippen molar-refractivity contribution in [2.24, 2.45) is 16.7 Å². The standard InChI is InChI=1S/C18H32N2O/c1-17(2)14-7-9-18(17,3)15(13-14)19-16(21)8-12-20-10-5-4-6-11-20/h14-15H,4-13H2,1-3H3,(H,19,21)/t14-,15-,18+/m1/s1. The van der Waals surface area contributed by atoms with E-state index < -0.39 is 0 Å². The summed E-state index contributed by atoms with van der Waals surface area (Å²) in [6.07, 6.45) is 8.47. The Labute approximate surface area is 129 Å². The molecule has 0 spiro atoms. The number of hydrogen-bond acceptors (Lipinski definition) is 2. The van der Waals surface area contributed by atoms with Gasteiger partial charge >= 0.3 is 0 Å². The molecule has 3 nitrogen and oxygen atoms in total. The molecule has 3 rings (SSSR count). The van der Waals surface area contributed by atoms with E-state index in [9.17, 15) is 4.79 Å². The van der Waals surface area contributed by atoms with E-state index in [2.05, 4.69) is 31.0 Å². The maximum atomic E-state index is 12.3. The molecule has 0 aromatic heterocycles. The van der Waals surface area contributed by atoms with Crippen LogP contribution in [0.15, 0.2) is 0 Å². The monoisotopic (exact) mass is 292 g/mol. The third kappa shape index (κ3) is 2.62. The van der Waals surface area contributed by atoms with E-state index >= 15 is 0 Å². The minimum absolute atomic E-state index is 0.273. The maximum absolute atomic E-state index is 12.3. The summed E-state index contributed by atoms with van der Waals surface area (Å²) in [5, 5.41) is 3.38. The molecule has 21 heavy (non-hydrogen) atoms. The Hall–Kier alpha value is -0.570. The van der Waals surface area contributed by atoms with Crippen LogP contribution in [-0.2, 0) is 4.79 Å². The zero-order chi connectivity index (χ0) is 15.1. The zero-order valence-corrected chi connectivity index (χ0v) is 14.1. The summed E-state index contributed by atoms with van der Waals surface area (Å²) >= 11 is 0. The molecule has 2 aliphatic carbocycles. The van der Waals surface area contributed by atoms with Crippen LogP contribution < -0.4 is 5.32 Å². The van der Waals surface area contributed by atoms with Gasteiger partial charge in [0.25, 0.3) is 0 Å². The van der Waals surface area contributed by atoms with Crippen molar-refractivity contribution in [2.75, 3.05) is 19.6 Å². The minimum atomic E-state index is 0.273. The van der Waals surface area contributed by atoms with Gasteiger partial charge in [-0.15, -0.1) is 0 Å². The van der Waals surface area contributed by atoms with Crippen molar-refractivity contribution < 1.29 is 4.79 Å². The number of nitrogens with zero attached hydrogens (tertiary/aromatic N) is 1. The topological polar surface area (TPSA) is 32.3 Å². The number of carbonyl (C=O) groups excluding carboxylic acids is 1. The van der Waals surface area contributed by atoms with Gasteiger partial charge in [0.05, 0.1) is 0 Å². The van der Waals surface area contributed by atoms with Gasteiger partial charge in [0.15, 0.2) is 0 Å². The summed E-state index contributed by atoms with van der Waals surface area (Å²) < 4.78 is 0. The molecule has 3 atom stereocenters. The molecule has 2 bridgehead atoms. The van der Waals surface area contributed by atoms with Gasteiger partial charge in [-0.2, -0.15) is 0 Å². The van der Waals surface area contributed by atoms with Crippen LogP contribution in [0.3, 0.4) is 0 Å². The Bertz CT molecular complexity index is 400. The van der Waals surface area contributed by atoms with Crippen molar-refractivity contribution in [3.05, 3.63) is 0 Å². The van der Waals surface area contributed by atoms with Gasteiger partial charge < -0.3 is 10.2 Å². The van der Waals surface area contributed by atoms with E-state index in [1.165, 1.54) is 51.6 Å². The SMILES string of the molecule is CC1(C)[C@@H]2CC[C@@]1(C)[C@H](NC(=O)CCN1CCCCC1)C2. The quantitative estimate of drug-likeness (QED) is 0.863.